The molecule has 0 aromatic rings. The van der Waals surface area contributed by atoms with E-state index in [1.807, 2.05) is 0 Å². The molecule has 1 saturated heterocycles. The van der Waals surface area contributed by atoms with Crippen LogP contribution in [0, 0.1) is 5.92 Å². The van der Waals surface area contributed by atoms with Crippen molar-refractivity contribution >= 4 is 12.3 Å². The van der Waals surface area contributed by atoms with Crippen LogP contribution < -0.4 is 0 Å². The van der Waals surface area contributed by atoms with Crippen LogP contribution in [0.5, 0.6) is 0 Å². The Morgan fingerprint density at radius 1 is 1.56 bits per heavy atom. The van der Waals surface area contributed by atoms with Crippen LogP contribution in [-0.4, -0.2) is 18.4 Å². The zero-order chi connectivity index (χ0) is 12.0. The second-order valence-corrected chi connectivity index (χ2v) is 4.56. The van der Waals surface area contributed by atoms with Crippen molar-refractivity contribution in [1.82, 2.24) is 0 Å². The fourth-order valence-corrected chi connectivity index (χ4v) is 1.97. The van der Waals surface area contributed by atoms with Crippen LogP contribution in [0.1, 0.15) is 46.0 Å². The number of allylic oxidation sites excluding steroid dienone is 1. The minimum Gasteiger partial charge on any atom is -0.458 e. The summed E-state index contributed by atoms with van der Waals surface area (Å²) < 4.78 is 5.32. The first-order valence-corrected chi connectivity index (χ1v) is 5.97. The molecule has 1 atom stereocenters. The van der Waals surface area contributed by atoms with Gasteiger partial charge in [-0.15, -0.1) is 0 Å². The maximum atomic E-state index is 11.2. The van der Waals surface area contributed by atoms with Gasteiger partial charge < -0.3 is 9.53 Å². The Bertz CT molecular complexity index is 279. The molecule has 1 heterocycles. The number of rotatable bonds is 5. The number of hydrogen-bond donors (Lipinski definition) is 0. The molecule has 0 N–H and O–H groups in total. The van der Waals surface area contributed by atoms with E-state index < -0.39 is 0 Å². The van der Waals surface area contributed by atoms with Crippen LogP contribution in [-0.2, 0) is 14.3 Å². The first-order valence-electron chi connectivity index (χ1n) is 5.97. The van der Waals surface area contributed by atoms with E-state index >= 15 is 0 Å². The zero-order valence-corrected chi connectivity index (χ0v) is 10.1. The van der Waals surface area contributed by atoms with Gasteiger partial charge in [-0.3, -0.25) is 4.79 Å². The lowest BCUT2D eigenvalue weighted by Crippen LogP contribution is -2.25. The van der Waals surface area contributed by atoms with Gasteiger partial charge in [0.25, 0.3) is 0 Å². The zero-order valence-electron chi connectivity index (χ0n) is 10.1. The van der Waals surface area contributed by atoms with E-state index in [1.165, 1.54) is 0 Å². The Kier molecular flexibility index (Phi) is 5.23. The minimum atomic E-state index is -0.114. The molecule has 90 valence electrons. The number of cyclic esters (lactones) is 1. The normalized spacial score (nSPS) is 22.1. The highest BCUT2D eigenvalue weighted by molar-refractivity contribution is 5.70. The maximum absolute atomic E-state index is 11.2. The monoisotopic (exact) mass is 224 g/mol. The van der Waals surface area contributed by atoms with Crippen LogP contribution in [0.3, 0.4) is 0 Å². The maximum Gasteiger partial charge on any atom is 0.306 e. The molecule has 0 aliphatic carbocycles. The Labute approximate surface area is 96.9 Å². The molecule has 0 amide bonds. The third-order valence-electron chi connectivity index (χ3n) is 2.63. The number of aldehydes is 1. The van der Waals surface area contributed by atoms with Gasteiger partial charge in [-0.05, 0) is 30.8 Å². The number of carbonyl (C=O) groups excluding carboxylic acids is 2. The average molecular weight is 224 g/mol. The number of hydrogen-bond acceptors (Lipinski definition) is 3. The first kappa shape index (κ1) is 12.9. The molecule has 0 saturated carbocycles. The van der Waals surface area contributed by atoms with Crippen LogP contribution in [0.25, 0.3) is 0 Å². The molecule has 0 aromatic carbocycles. The average Bonchev–Trinajstić information content (AvgIpc) is 2.23. The number of carbonyl (C=O) groups is 2. The minimum absolute atomic E-state index is 0.0939. The van der Waals surface area contributed by atoms with E-state index in [9.17, 15) is 9.59 Å². The molecule has 1 unspecified atom stereocenters. The first-order chi connectivity index (χ1) is 7.63. The van der Waals surface area contributed by atoms with Gasteiger partial charge >= 0.3 is 5.97 Å². The fourth-order valence-electron chi connectivity index (χ4n) is 1.97. The molecule has 1 aliphatic rings. The molecule has 1 fully saturated rings. The summed E-state index contributed by atoms with van der Waals surface area (Å²) in [6.45, 7) is 4.18. The molecular weight excluding hydrogens is 204 g/mol. The summed E-state index contributed by atoms with van der Waals surface area (Å²) >= 11 is 0. The van der Waals surface area contributed by atoms with Crippen LogP contribution >= 0.6 is 0 Å². The van der Waals surface area contributed by atoms with E-state index in [4.69, 9.17) is 4.74 Å². The molecule has 0 bridgehead atoms. The van der Waals surface area contributed by atoms with E-state index in [2.05, 4.69) is 19.9 Å². The number of ether oxygens (including phenoxy) is 1. The van der Waals surface area contributed by atoms with Crippen molar-refractivity contribution in [2.24, 2.45) is 5.92 Å². The van der Waals surface area contributed by atoms with Crippen molar-refractivity contribution in [2.45, 2.75) is 52.1 Å². The van der Waals surface area contributed by atoms with Crippen molar-refractivity contribution in [3.8, 4) is 0 Å². The van der Waals surface area contributed by atoms with Gasteiger partial charge in [0.15, 0.2) is 0 Å². The second kappa shape index (κ2) is 6.46. The van der Waals surface area contributed by atoms with Crippen molar-refractivity contribution in [3.63, 3.8) is 0 Å². The molecule has 3 nitrogen and oxygen atoms in total. The van der Waals surface area contributed by atoms with E-state index in [0.717, 1.165) is 24.7 Å². The van der Waals surface area contributed by atoms with Crippen molar-refractivity contribution < 1.29 is 14.3 Å². The Balaban J connectivity index is 2.66. The van der Waals surface area contributed by atoms with Crippen LogP contribution in [0.4, 0.5) is 0 Å². The summed E-state index contributed by atoms with van der Waals surface area (Å²) in [7, 11) is 0. The molecule has 0 radical (unpaired) electrons. The smallest absolute Gasteiger partial charge is 0.306 e. The van der Waals surface area contributed by atoms with Crippen LogP contribution in [0.2, 0.25) is 0 Å². The molecule has 1 aliphatic heterocycles. The van der Waals surface area contributed by atoms with E-state index in [0.29, 0.717) is 25.2 Å². The lowest BCUT2D eigenvalue weighted by atomic mass is 9.95. The van der Waals surface area contributed by atoms with Gasteiger partial charge in [-0.1, -0.05) is 19.9 Å². The molecular formula is C13H20O3. The van der Waals surface area contributed by atoms with Crippen LogP contribution in [0.15, 0.2) is 11.6 Å². The van der Waals surface area contributed by atoms with Gasteiger partial charge in [0.2, 0.25) is 0 Å². The summed E-state index contributed by atoms with van der Waals surface area (Å²) in [5, 5.41) is 0. The number of esters is 1. The van der Waals surface area contributed by atoms with Crippen molar-refractivity contribution in [2.75, 3.05) is 0 Å². The van der Waals surface area contributed by atoms with Gasteiger partial charge in [0.05, 0.1) is 0 Å². The highest BCUT2D eigenvalue weighted by Gasteiger charge is 2.23. The third-order valence-corrected chi connectivity index (χ3v) is 2.63. The Morgan fingerprint density at radius 3 is 2.88 bits per heavy atom. The lowest BCUT2D eigenvalue weighted by Gasteiger charge is -2.25. The summed E-state index contributed by atoms with van der Waals surface area (Å²) in [5.41, 5.74) is 1.11. The largest absolute Gasteiger partial charge is 0.458 e. The summed E-state index contributed by atoms with van der Waals surface area (Å²) in [5.74, 6) is 0.305. The van der Waals surface area contributed by atoms with E-state index in [1.54, 1.807) is 0 Å². The Hall–Kier alpha value is -1.12. The van der Waals surface area contributed by atoms with Crippen molar-refractivity contribution in [3.05, 3.63) is 11.6 Å². The highest BCUT2D eigenvalue weighted by Crippen LogP contribution is 2.24. The summed E-state index contributed by atoms with van der Waals surface area (Å²) in [6.07, 6.45) is 6.46. The topological polar surface area (TPSA) is 43.4 Å². The molecule has 3 heteroatoms. The summed E-state index contributed by atoms with van der Waals surface area (Å²) in [6, 6.07) is 0. The predicted octanol–water partition coefficient (Wildman–Crippen LogP) is 2.64. The molecule has 0 aromatic heterocycles. The summed E-state index contributed by atoms with van der Waals surface area (Å²) in [4.78, 5) is 21.6. The lowest BCUT2D eigenvalue weighted by molar-refractivity contribution is -0.151. The van der Waals surface area contributed by atoms with Gasteiger partial charge in [0.1, 0.15) is 12.4 Å². The van der Waals surface area contributed by atoms with Gasteiger partial charge in [0, 0.05) is 12.8 Å². The predicted molar refractivity (Wildman–Crippen MR) is 62.0 cm³/mol. The molecule has 1 rings (SSSR count). The molecule has 16 heavy (non-hydrogen) atoms. The quantitative estimate of drug-likeness (QED) is 0.409. The van der Waals surface area contributed by atoms with Crippen molar-refractivity contribution in [1.29, 1.82) is 0 Å². The Morgan fingerprint density at radius 2 is 2.31 bits per heavy atom. The standard InChI is InChI=1S/C13H20O3/c1-10(2)9-11(5-4-8-14)12-6-3-7-13(15)16-12/h8-10,12H,3-7H2,1-2H3/b11-9+. The fraction of sp³-hybridized carbons (Fsp3) is 0.692. The highest BCUT2D eigenvalue weighted by atomic mass is 16.5. The third kappa shape index (κ3) is 4.17. The second-order valence-electron chi connectivity index (χ2n) is 4.56. The SMILES string of the molecule is CC(C)/C=C(\CCC=O)C1CCCC(=O)O1. The van der Waals surface area contributed by atoms with E-state index in [-0.39, 0.29) is 12.1 Å². The molecule has 0 spiro atoms. The van der Waals surface area contributed by atoms with Gasteiger partial charge in [-0.2, -0.15) is 0 Å². The van der Waals surface area contributed by atoms with Gasteiger partial charge in [-0.25, -0.2) is 0 Å².